The summed E-state index contributed by atoms with van der Waals surface area (Å²) in [5.74, 6) is 0.290. The molecule has 0 aliphatic carbocycles. The monoisotopic (exact) mass is 247 g/mol. The van der Waals surface area contributed by atoms with Crippen molar-refractivity contribution in [1.82, 2.24) is 0 Å². The van der Waals surface area contributed by atoms with Crippen LogP contribution in [-0.4, -0.2) is 12.3 Å². The number of rotatable bonds is 3. The summed E-state index contributed by atoms with van der Waals surface area (Å²) in [7, 11) is 0. The SMILES string of the molecule is CC(C)(C)C(=O)Cc1ccccc1.CCN=[N+]=[N-]. The number of Topliss-reactive ketones (excluding diaryl/α,β-unsaturated/α-hetero) is 1. The van der Waals surface area contributed by atoms with Gasteiger partial charge >= 0.3 is 0 Å². The fourth-order valence-corrected chi connectivity index (χ4v) is 1.11. The van der Waals surface area contributed by atoms with E-state index in [0.717, 1.165) is 5.56 Å². The maximum Gasteiger partial charge on any atom is 0.142 e. The van der Waals surface area contributed by atoms with Gasteiger partial charge in [0.05, 0.1) is 0 Å². The predicted molar refractivity (Wildman–Crippen MR) is 74.3 cm³/mol. The smallest absolute Gasteiger partial charge is 0.142 e. The highest BCUT2D eigenvalue weighted by molar-refractivity contribution is 5.85. The molecule has 4 heteroatoms. The van der Waals surface area contributed by atoms with Crippen molar-refractivity contribution in [2.75, 3.05) is 6.54 Å². The van der Waals surface area contributed by atoms with E-state index in [-0.39, 0.29) is 5.41 Å². The van der Waals surface area contributed by atoms with E-state index in [1.807, 2.05) is 51.1 Å². The van der Waals surface area contributed by atoms with E-state index >= 15 is 0 Å². The number of hydrogen-bond donors (Lipinski definition) is 0. The minimum atomic E-state index is -0.226. The van der Waals surface area contributed by atoms with Crippen LogP contribution in [0.25, 0.3) is 10.4 Å². The fraction of sp³-hybridized carbons (Fsp3) is 0.500. The van der Waals surface area contributed by atoms with Gasteiger partial charge in [0, 0.05) is 23.3 Å². The molecule has 1 aromatic rings. The Labute approximate surface area is 109 Å². The number of carbonyl (C=O) groups excluding carboxylic acids is 1. The number of benzene rings is 1. The fourth-order valence-electron chi connectivity index (χ4n) is 1.11. The first-order valence-electron chi connectivity index (χ1n) is 6.00. The summed E-state index contributed by atoms with van der Waals surface area (Å²) in [6, 6.07) is 9.87. The van der Waals surface area contributed by atoms with Crippen molar-refractivity contribution in [2.45, 2.75) is 34.1 Å². The molecule has 4 nitrogen and oxygen atoms in total. The summed E-state index contributed by atoms with van der Waals surface area (Å²) in [4.78, 5) is 14.1. The number of carbonyl (C=O) groups is 1. The van der Waals surface area contributed by atoms with Crippen molar-refractivity contribution >= 4 is 5.78 Å². The van der Waals surface area contributed by atoms with Gasteiger partial charge < -0.3 is 0 Å². The number of nitrogens with zero attached hydrogens (tertiary/aromatic N) is 3. The average Bonchev–Trinajstić information content (AvgIpc) is 2.31. The lowest BCUT2D eigenvalue weighted by molar-refractivity contribution is -0.125. The molecular formula is C14H21N3O. The van der Waals surface area contributed by atoms with Gasteiger partial charge in [-0.2, -0.15) is 0 Å². The van der Waals surface area contributed by atoms with Crippen LogP contribution < -0.4 is 0 Å². The Bertz CT molecular complexity index is 401. The number of ketones is 1. The van der Waals surface area contributed by atoms with E-state index in [4.69, 9.17) is 5.53 Å². The lowest BCUT2D eigenvalue weighted by Gasteiger charge is -2.16. The van der Waals surface area contributed by atoms with E-state index in [9.17, 15) is 4.79 Å². The average molecular weight is 247 g/mol. The molecule has 0 aliphatic heterocycles. The van der Waals surface area contributed by atoms with Crippen LogP contribution in [0.4, 0.5) is 0 Å². The van der Waals surface area contributed by atoms with Gasteiger partial charge in [0.2, 0.25) is 0 Å². The van der Waals surface area contributed by atoms with Crippen LogP contribution in [0.2, 0.25) is 0 Å². The molecule has 0 heterocycles. The van der Waals surface area contributed by atoms with Gasteiger partial charge in [0.1, 0.15) is 5.78 Å². The normalized spacial score (nSPS) is 9.78. The van der Waals surface area contributed by atoms with Crippen molar-refractivity contribution in [3.8, 4) is 0 Å². The Hall–Kier alpha value is -1.80. The predicted octanol–water partition coefficient (Wildman–Crippen LogP) is 4.16. The molecule has 0 amide bonds. The molecule has 18 heavy (non-hydrogen) atoms. The summed E-state index contributed by atoms with van der Waals surface area (Å²) in [5, 5.41) is 3.15. The first-order valence-corrected chi connectivity index (χ1v) is 6.00. The van der Waals surface area contributed by atoms with Crippen molar-refractivity contribution in [2.24, 2.45) is 10.5 Å². The van der Waals surface area contributed by atoms with Crippen LogP contribution in [0, 0.1) is 5.41 Å². The van der Waals surface area contributed by atoms with Gasteiger partial charge in [-0.05, 0) is 11.1 Å². The Morgan fingerprint density at radius 1 is 1.28 bits per heavy atom. The third kappa shape index (κ3) is 7.47. The summed E-state index contributed by atoms with van der Waals surface area (Å²) in [6.07, 6.45) is 0.546. The molecule has 0 saturated heterocycles. The zero-order chi connectivity index (χ0) is 14.0. The molecule has 0 unspecified atom stereocenters. The molecule has 0 spiro atoms. The largest absolute Gasteiger partial charge is 0.299 e. The number of hydrogen-bond acceptors (Lipinski definition) is 2. The minimum absolute atomic E-state index is 0.226. The first kappa shape index (κ1) is 16.2. The second-order valence-corrected chi connectivity index (χ2v) is 4.88. The zero-order valence-electron chi connectivity index (χ0n) is 11.6. The molecule has 1 aromatic carbocycles. The van der Waals surface area contributed by atoms with Crippen LogP contribution >= 0.6 is 0 Å². The molecule has 0 aliphatic rings. The van der Waals surface area contributed by atoms with Gasteiger partial charge in [-0.3, -0.25) is 4.79 Å². The van der Waals surface area contributed by atoms with Crippen LogP contribution in [0.5, 0.6) is 0 Å². The molecule has 0 atom stereocenters. The molecule has 0 bridgehead atoms. The van der Waals surface area contributed by atoms with Gasteiger partial charge in [0.15, 0.2) is 0 Å². The standard InChI is InChI=1S/C12H16O.C2H5N3/c1-12(2,3)11(13)9-10-7-5-4-6-8-10;1-2-4-5-3/h4-8H,9H2,1-3H3;2H2,1H3. The molecule has 0 aromatic heterocycles. The Morgan fingerprint density at radius 2 is 1.83 bits per heavy atom. The molecular weight excluding hydrogens is 226 g/mol. The van der Waals surface area contributed by atoms with E-state index < -0.39 is 0 Å². The third-order valence-corrected chi connectivity index (χ3v) is 2.25. The van der Waals surface area contributed by atoms with Crippen LogP contribution in [0.1, 0.15) is 33.3 Å². The van der Waals surface area contributed by atoms with Crippen molar-refractivity contribution in [3.63, 3.8) is 0 Å². The summed E-state index contributed by atoms with van der Waals surface area (Å²) in [5.41, 5.74) is 8.40. The van der Waals surface area contributed by atoms with Crippen molar-refractivity contribution in [1.29, 1.82) is 0 Å². The van der Waals surface area contributed by atoms with E-state index in [1.165, 1.54) is 0 Å². The second-order valence-electron chi connectivity index (χ2n) is 4.88. The maximum atomic E-state index is 11.6. The second kappa shape index (κ2) is 8.31. The van der Waals surface area contributed by atoms with Crippen LogP contribution in [-0.2, 0) is 11.2 Å². The third-order valence-electron chi connectivity index (χ3n) is 2.25. The van der Waals surface area contributed by atoms with Gasteiger partial charge in [0.25, 0.3) is 0 Å². The van der Waals surface area contributed by atoms with Crippen molar-refractivity contribution < 1.29 is 4.79 Å². The lowest BCUT2D eigenvalue weighted by Crippen LogP contribution is -2.21. The zero-order valence-corrected chi connectivity index (χ0v) is 11.6. The Balaban J connectivity index is 0.000000494. The van der Waals surface area contributed by atoms with E-state index in [2.05, 4.69) is 10.0 Å². The summed E-state index contributed by atoms with van der Waals surface area (Å²) < 4.78 is 0. The highest BCUT2D eigenvalue weighted by atomic mass is 16.1. The minimum Gasteiger partial charge on any atom is -0.299 e. The quantitative estimate of drug-likeness (QED) is 0.449. The molecule has 0 saturated carbocycles. The maximum absolute atomic E-state index is 11.6. The van der Waals surface area contributed by atoms with E-state index in [0.29, 0.717) is 18.7 Å². The van der Waals surface area contributed by atoms with Crippen LogP contribution in [0.15, 0.2) is 35.4 Å². The highest BCUT2D eigenvalue weighted by Crippen LogP contribution is 2.17. The Kier molecular flexibility index (Phi) is 7.48. The molecule has 98 valence electrons. The van der Waals surface area contributed by atoms with Gasteiger partial charge in [-0.25, -0.2) is 0 Å². The molecule has 0 fully saturated rings. The summed E-state index contributed by atoms with van der Waals surface area (Å²) >= 11 is 0. The molecule has 0 N–H and O–H groups in total. The van der Waals surface area contributed by atoms with Crippen molar-refractivity contribution in [3.05, 3.63) is 46.3 Å². The topological polar surface area (TPSA) is 65.8 Å². The van der Waals surface area contributed by atoms with Crippen LogP contribution in [0.3, 0.4) is 0 Å². The number of azide groups is 1. The first-order chi connectivity index (χ1) is 8.41. The highest BCUT2D eigenvalue weighted by Gasteiger charge is 2.20. The lowest BCUT2D eigenvalue weighted by atomic mass is 9.87. The van der Waals surface area contributed by atoms with Gasteiger partial charge in [-0.1, -0.05) is 63.1 Å². The molecule has 0 radical (unpaired) electrons. The van der Waals surface area contributed by atoms with Gasteiger partial charge in [-0.15, -0.1) is 0 Å². The Morgan fingerprint density at radius 3 is 2.17 bits per heavy atom. The van der Waals surface area contributed by atoms with E-state index in [1.54, 1.807) is 6.92 Å². The summed E-state index contributed by atoms with van der Waals surface area (Å²) in [6.45, 7) is 8.21. The molecule has 1 rings (SSSR count).